The van der Waals surface area contributed by atoms with Gasteiger partial charge in [0, 0.05) is 12.2 Å². The molecule has 1 heterocycles. The maximum Gasteiger partial charge on any atom is 0.123 e. The fraction of sp³-hybridized carbons (Fsp3) is 0.733. The molecule has 0 aromatic carbocycles. The highest BCUT2D eigenvalue weighted by Gasteiger charge is 2.06. The molecule has 18 heavy (non-hydrogen) atoms. The first-order valence-electron chi connectivity index (χ1n) is 6.93. The van der Waals surface area contributed by atoms with Gasteiger partial charge in [0.1, 0.15) is 5.76 Å². The van der Waals surface area contributed by atoms with Crippen LogP contribution in [-0.2, 0) is 17.9 Å². The zero-order valence-corrected chi connectivity index (χ0v) is 12.2. The third-order valence-electron chi connectivity index (χ3n) is 2.77. The molecule has 3 heteroatoms. The average Bonchev–Trinajstić information content (AvgIpc) is 2.71. The molecule has 1 aromatic rings. The Morgan fingerprint density at radius 2 is 2.00 bits per heavy atom. The van der Waals surface area contributed by atoms with Crippen molar-refractivity contribution in [3.8, 4) is 0 Å². The molecule has 3 nitrogen and oxygen atoms in total. The van der Waals surface area contributed by atoms with E-state index in [4.69, 9.17) is 9.15 Å². The quantitative estimate of drug-likeness (QED) is 0.683. The van der Waals surface area contributed by atoms with E-state index in [1.807, 2.05) is 6.07 Å². The summed E-state index contributed by atoms with van der Waals surface area (Å²) in [6.45, 7) is 12.1. The Morgan fingerprint density at radius 1 is 1.22 bits per heavy atom. The van der Waals surface area contributed by atoms with Crippen molar-refractivity contribution in [1.29, 1.82) is 0 Å². The molecule has 0 fully saturated rings. The molecular weight excluding hydrogens is 226 g/mol. The average molecular weight is 253 g/mol. The number of ether oxygens (including phenoxy) is 1. The van der Waals surface area contributed by atoms with Crippen LogP contribution in [0.2, 0.25) is 0 Å². The van der Waals surface area contributed by atoms with Gasteiger partial charge in [-0.15, -0.1) is 0 Å². The zero-order chi connectivity index (χ0) is 13.4. The van der Waals surface area contributed by atoms with Gasteiger partial charge in [-0.25, -0.2) is 0 Å². The minimum atomic E-state index is 0.655. The highest BCUT2D eigenvalue weighted by Crippen LogP contribution is 2.12. The number of rotatable bonds is 9. The minimum absolute atomic E-state index is 0.655. The first-order valence-corrected chi connectivity index (χ1v) is 6.93. The molecule has 0 aliphatic heterocycles. The molecule has 0 saturated heterocycles. The lowest BCUT2D eigenvalue weighted by molar-refractivity contribution is 0.109. The smallest absolute Gasteiger partial charge is 0.123 e. The molecule has 0 bridgehead atoms. The summed E-state index contributed by atoms with van der Waals surface area (Å²) in [7, 11) is 0. The van der Waals surface area contributed by atoms with Gasteiger partial charge in [0.2, 0.25) is 0 Å². The van der Waals surface area contributed by atoms with Crippen LogP contribution in [0.5, 0.6) is 0 Å². The molecule has 1 aromatic heterocycles. The summed E-state index contributed by atoms with van der Waals surface area (Å²) < 4.78 is 11.2. The molecule has 1 rings (SSSR count). The summed E-state index contributed by atoms with van der Waals surface area (Å²) in [5.41, 5.74) is 1.16. The summed E-state index contributed by atoms with van der Waals surface area (Å²) in [6.07, 6.45) is 2.85. The largest absolute Gasteiger partial charge is 0.468 e. The van der Waals surface area contributed by atoms with E-state index in [-0.39, 0.29) is 0 Å². The maximum atomic E-state index is 5.67. The van der Waals surface area contributed by atoms with E-state index >= 15 is 0 Å². The fourth-order valence-corrected chi connectivity index (χ4v) is 1.63. The normalized spacial score (nSPS) is 11.7. The Labute approximate surface area is 111 Å². The Kier molecular flexibility index (Phi) is 7.06. The molecule has 0 amide bonds. The summed E-state index contributed by atoms with van der Waals surface area (Å²) in [5, 5.41) is 3.39. The van der Waals surface area contributed by atoms with Crippen molar-refractivity contribution in [1.82, 2.24) is 5.32 Å². The third-order valence-corrected chi connectivity index (χ3v) is 2.77. The number of hydrogen-bond acceptors (Lipinski definition) is 3. The van der Waals surface area contributed by atoms with Crippen LogP contribution in [0.4, 0.5) is 0 Å². The number of hydrogen-bond donors (Lipinski definition) is 1. The van der Waals surface area contributed by atoms with Crippen molar-refractivity contribution in [3.63, 3.8) is 0 Å². The van der Waals surface area contributed by atoms with Crippen molar-refractivity contribution < 1.29 is 9.15 Å². The Morgan fingerprint density at radius 3 is 2.67 bits per heavy atom. The van der Waals surface area contributed by atoms with Crippen molar-refractivity contribution in [2.24, 2.45) is 11.8 Å². The summed E-state index contributed by atoms with van der Waals surface area (Å²) >= 11 is 0. The summed E-state index contributed by atoms with van der Waals surface area (Å²) in [5.74, 6) is 2.35. The van der Waals surface area contributed by atoms with E-state index in [9.17, 15) is 0 Å². The molecule has 0 aliphatic rings. The first-order chi connectivity index (χ1) is 8.59. The van der Waals surface area contributed by atoms with E-state index < -0.39 is 0 Å². The Balaban J connectivity index is 2.26. The fourth-order valence-electron chi connectivity index (χ4n) is 1.63. The van der Waals surface area contributed by atoms with Crippen molar-refractivity contribution >= 4 is 0 Å². The molecule has 0 radical (unpaired) electrons. The van der Waals surface area contributed by atoms with Crippen LogP contribution < -0.4 is 5.32 Å². The zero-order valence-electron chi connectivity index (χ0n) is 12.2. The molecule has 0 saturated carbocycles. The lowest BCUT2D eigenvalue weighted by Gasteiger charge is -2.08. The van der Waals surface area contributed by atoms with Gasteiger partial charge in [0.25, 0.3) is 0 Å². The first kappa shape index (κ1) is 15.3. The Bertz CT molecular complexity index is 318. The van der Waals surface area contributed by atoms with Crippen LogP contribution in [0.3, 0.4) is 0 Å². The molecule has 0 atom stereocenters. The number of furan rings is 1. The van der Waals surface area contributed by atoms with E-state index in [0.717, 1.165) is 37.4 Å². The topological polar surface area (TPSA) is 34.4 Å². The SMILES string of the molecule is CC(C)CCOCc1ccoc1CNCC(C)C. The lowest BCUT2D eigenvalue weighted by atomic mass is 10.1. The molecular formula is C15H27NO2. The highest BCUT2D eigenvalue weighted by molar-refractivity contribution is 5.15. The molecule has 1 N–H and O–H groups in total. The van der Waals surface area contributed by atoms with Gasteiger partial charge in [-0.2, -0.15) is 0 Å². The van der Waals surface area contributed by atoms with E-state index in [1.165, 1.54) is 0 Å². The van der Waals surface area contributed by atoms with E-state index in [0.29, 0.717) is 18.4 Å². The van der Waals surface area contributed by atoms with Crippen molar-refractivity contribution in [3.05, 3.63) is 23.7 Å². The monoisotopic (exact) mass is 253 g/mol. The van der Waals surface area contributed by atoms with Gasteiger partial charge < -0.3 is 14.5 Å². The second-order valence-corrected chi connectivity index (χ2v) is 5.63. The standard InChI is InChI=1S/C15H27NO2/c1-12(2)5-7-17-11-14-6-8-18-15(14)10-16-9-13(3)4/h6,8,12-13,16H,5,7,9-11H2,1-4H3. The lowest BCUT2D eigenvalue weighted by Crippen LogP contribution is -2.19. The van der Waals surface area contributed by atoms with Gasteiger partial charge in [0.05, 0.1) is 19.4 Å². The van der Waals surface area contributed by atoms with Crippen molar-refractivity contribution in [2.75, 3.05) is 13.2 Å². The van der Waals surface area contributed by atoms with Crippen LogP contribution >= 0.6 is 0 Å². The van der Waals surface area contributed by atoms with Gasteiger partial charge >= 0.3 is 0 Å². The molecule has 104 valence electrons. The van der Waals surface area contributed by atoms with E-state index in [2.05, 4.69) is 33.0 Å². The van der Waals surface area contributed by atoms with Crippen LogP contribution in [0.15, 0.2) is 16.7 Å². The van der Waals surface area contributed by atoms with E-state index in [1.54, 1.807) is 6.26 Å². The van der Waals surface area contributed by atoms with Crippen LogP contribution in [0, 0.1) is 11.8 Å². The van der Waals surface area contributed by atoms with Crippen LogP contribution in [0.1, 0.15) is 45.4 Å². The maximum absolute atomic E-state index is 5.67. The van der Waals surface area contributed by atoms with Crippen LogP contribution in [-0.4, -0.2) is 13.2 Å². The predicted molar refractivity (Wildman–Crippen MR) is 74.4 cm³/mol. The molecule has 0 unspecified atom stereocenters. The minimum Gasteiger partial charge on any atom is -0.468 e. The van der Waals surface area contributed by atoms with Gasteiger partial charge in [-0.3, -0.25) is 0 Å². The predicted octanol–water partition coefficient (Wildman–Crippen LogP) is 3.59. The van der Waals surface area contributed by atoms with Crippen molar-refractivity contribution in [2.45, 2.75) is 47.3 Å². The molecule has 0 spiro atoms. The second-order valence-electron chi connectivity index (χ2n) is 5.63. The van der Waals surface area contributed by atoms with Gasteiger partial charge in [-0.1, -0.05) is 27.7 Å². The highest BCUT2D eigenvalue weighted by atomic mass is 16.5. The van der Waals surface area contributed by atoms with Gasteiger partial charge in [-0.05, 0) is 30.9 Å². The summed E-state index contributed by atoms with van der Waals surface area (Å²) in [6, 6.07) is 2.00. The third kappa shape index (κ3) is 6.22. The molecule has 0 aliphatic carbocycles. The van der Waals surface area contributed by atoms with Gasteiger partial charge in [0.15, 0.2) is 0 Å². The number of nitrogens with one attached hydrogen (secondary N) is 1. The second kappa shape index (κ2) is 8.33. The summed E-state index contributed by atoms with van der Waals surface area (Å²) in [4.78, 5) is 0. The van der Waals surface area contributed by atoms with Crippen LogP contribution in [0.25, 0.3) is 0 Å². The Hall–Kier alpha value is -0.800.